The van der Waals surface area contributed by atoms with Crippen LogP contribution in [0.5, 0.6) is 0 Å². The SMILES string of the molecule is CCNC(=NCC(C)N1CCN(C)CC1)NCCC(=O)N(CC)CC. The van der Waals surface area contributed by atoms with Gasteiger partial charge in [0, 0.05) is 64.8 Å². The first kappa shape index (κ1) is 21.7. The van der Waals surface area contributed by atoms with Crippen LogP contribution in [0.4, 0.5) is 0 Å². The summed E-state index contributed by atoms with van der Waals surface area (Å²) in [6.45, 7) is 16.5. The molecule has 1 rings (SSSR count). The van der Waals surface area contributed by atoms with Crippen molar-refractivity contribution in [2.45, 2.75) is 40.2 Å². The van der Waals surface area contributed by atoms with Gasteiger partial charge in [-0.25, -0.2) is 0 Å². The maximum atomic E-state index is 12.1. The third-order valence-electron chi connectivity index (χ3n) is 4.77. The minimum absolute atomic E-state index is 0.194. The zero-order valence-electron chi connectivity index (χ0n) is 16.8. The standard InChI is InChI=1S/C18H38N6O/c1-6-19-18(20-10-9-17(25)23(7-2)8-3)21-15-16(4)24-13-11-22(5)12-14-24/h16H,6-15H2,1-5H3,(H2,19,20,21). The molecule has 1 amide bonds. The smallest absolute Gasteiger partial charge is 0.224 e. The number of hydrogen-bond donors (Lipinski definition) is 2. The van der Waals surface area contributed by atoms with Crippen molar-refractivity contribution in [3.8, 4) is 0 Å². The molecule has 1 unspecified atom stereocenters. The van der Waals surface area contributed by atoms with Gasteiger partial charge >= 0.3 is 0 Å². The van der Waals surface area contributed by atoms with Gasteiger partial charge in [0.2, 0.25) is 5.91 Å². The van der Waals surface area contributed by atoms with E-state index >= 15 is 0 Å². The highest BCUT2D eigenvalue weighted by molar-refractivity contribution is 5.81. The second-order valence-corrected chi connectivity index (χ2v) is 6.65. The van der Waals surface area contributed by atoms with Crippen LogP contribution in [-0.2, 0) is 4.79 Å². The number of amides is 1. The summed E-state index contributed by atoms with van der Waals surface area (Å²) in [5.41, 5.74) is 0. The number of rotatable bonds is 9. The average molecular weight is 355 g/mol. The molecule has 0 aliphatic carbocycles. The molecular weight excluding hydrogens is 316 g/mol. The van der Waals surface area contributed by atoms with Crippen LogP contribution >= 0.6 is 0 Å². The van der Waals surface area contributed by atoms with Crippen LogP contribution in [0.2, 0.25) is 0 Å². The highest BCUT2D eigenvalue weighted by atomic mass is 16.2. The van der Waals surface area contributed by atoms with Crippen LogP contribution in [0.25, 0.3) is 0 Å². The molecule has 25 heavy (non-hydrogen) atoms. The topological polar surface area (TPSA) is 63.2 Å². The van der Waals surface area contributed by atoms with Gasteiger partial charge in [-0.3, -0.25) is 14.7 Å². The van der Waals surface area contributed by atoms with E-state index in [1.165, 1.54) is 0 Å². The predicted octanol–water partition coefficient (Wildman–Crippen LogP) is 0.436. The van der Waals surface area contributed by atoms with Gasteiger partial charge in [-0.1, -0.05) is 0 Å². The summed E-state index contributed by atoms with van der Waals surface area (Å²) in [6.07, 6.45) is 0.500. The van der Waals surface area contributed by atoms with Crippen molar-refractivity contribution >= 4 is 11.9 Å². The Morgan fingerprint density at radius 2 is 1.76 bits per heavy atom. The van der Waals surface area contributed by atoms with Gasteiger partial charge in [0.25, 0.3) is 0 Å². The Morgan fingerprint density at radius 1 is 1.12 bits per heavy atom. The summed E-state index contributed by atoms with van der Waals surface area (Å²) in [7, 11) is 2.17. The van der Waals surface area contributed by atoms with E-state index in [2.05, 4.69) is 41.3 Å². The summed E-state index contributed by atoms with van der Waals surface area (Å²) in [5, 5.41) is 6.55. The van der Waals surface area contributed by atoms with Crippen molar-refractivity contribution < 1.29 is 4.79 Å². The van der Waals surface area contributed by atoms with Crippen LogP contribution in [-0.4, -0.2) is 98.6 Å². The zero-order chi connectivity index (χ0) is 18.7. The van der Waals surface area contributed by atoms with Crippen molar-refractivity contribution in [2.24, 2.45) is 4.99 Å². The van der Waals surface area contributed by atoms with Crippen LogP contribution < -0.4 is 10.6 Å². The van der Waals surface area contributed by atoms with Crippen LogP contribution in [0.1, 0.15) is 34.1 Å². The van der Waals surface area contributed by atoms with Crippen molar-refractivity contribution in [3.63, 3.8) is 0 Å². The normalized spacial score (nSPS) is 18.0. The van der Waals surface area contributed by atoms with E-state index in [1.54, 1.807) is 0 Å². The molecule has 0 saturated carbocycles. The molecular formula is C18H38N6O. The fourth-order valence-electron chi connectivity index (χ4n) is 2.97. The predicted molar refractivity (Wildman–Crippen MR) is 105 cm³/mol. The van der Waals surface area contributed by atoms with E-state index in [9.17, 15) is 4.79 Å². The molecule has 1 aliphatic rings. The first-order valence-corrected chi connectivity index (χ1v) is 9.74. The monoisotopic (exact) mass is 354 g/mol. The van der Waals surface area contributed by atoms with Gasteiger partial charge in [-0.15, -0.1) is 0 Å². The van der Waals surface area contributed by atoms with E-state index in [-0.39, 0.29) is 5.91 Å². The fraction of sp³-hybridized carbons (Fsp3) is 0.889. The third-order valence-corrected chi connectivity index (χ3v) is 4.77. The van der Waals surface area contributed by atoms with Gasteiger partial charge in [-0.2, -0.15) is 0 Å². The van der Waals surface area contributed by atoms with Gasteiger partial charge < -0.3 is 20.4 Å². The van der Waals surface area contributed by atoms with Gasteiger partial charge in [0.1, 0.15) is 0 Å². The molecule has 2 N–H and O–H groups in total. The van der Waals surface area contributed by atoms with E-state index < -0.39 is 0 Å². The lowest BCUT2D eigenvalue weighted by atomic mass is 10.2. The number of carbonyl (C=O) groups is 1. The highest BCUT2D eigenvalue weighted by Gasteiger charge is 2.18. The molecule has 7 heteroatoms. The van der Waals surface area contributed by atoms with E-state index in [1.807, 2.05) is 18.7 Å². The highest BCUT2D eigenvalue weighted by Crippen LogP contribution is 2.05. The Bertz CT molecular complexity index is 402. The molecule has 1 saturated heterocycles. The number of likely N-dealkylation sites (N-methyl/N-ethyl adjacent to an activating group) is 1. The maximum Gasteiger partial charge on any atom is 0.224 e. The van der Waals surface area contributed by atoms with E-state index in [0.717, 1.165) is 58.3 Å². The Hall–Kier alpha value is -1.34. The fourth-order valence-corrected chi connectivity index (χ4v) is 2.97. The lowest BCUT2D eigenvalue weighted by Gasteiger charge is -2.35. The number of carbonyl (C=O) groups excluding carboxylic acids is 1. The minimum atomic E-state index is 0.194. The second kappa shape index (κ2) is 12.1. The molecule has 0 radical (unpaired) electrons. The van der Waals surface area contributed by atoms with Crippen molar-refractivity contribution in [1.82, 2.24) is 25.3 Å². The van der Waals surface area contributed by atoms with E-state index in [4.69, 9.17) is 4.99 Å². The Labute approximate surface area is 153 Å². The molecule has 0 aromatic carbocycles. The molecule has 1 atom stereocenters. The summed E-state index contributed by atoms with van der Waals surface area (Å²) >= 11 is 0. The molecule has 1 fully saturated rings. The number of piperazine rings is 1. The Morgan fingerprint density at radius 3 is 2.32 bits per heavy atom. The molecule has 0 bridgehead atoms. The molecule has 0 aromatic heterocycles. The van der Waals surface area contributed by atoms with Gasteiger partial charge in [-0.05, 0) is 34.7 Å². The Kier molecular flexibility index (Phi) is 10.5. The number of nitrogens with one attached hydrogen (secondary N) is 2. The quantitative estimate of drug-likeness (QED) is 0.465. The minimum Gasteiger partial charge on any atom is -0.357 e. The molecule has 146 valence electrons. The van der Waals surface area contributed by atoms with E-state index in [0.29, 0.717) is 19.0 Å². The number of nitrogens with zero attached hydrogens (tertiary/aromatic N) is 4. The number of guanidine groups is 1. The summed E-state index contributed by atoms with van der Waals surface area (Å²) < 4.78 is 0. The molecule has 1 heterocycles. The second-order valence-electron chi connectivity index (χ2n) is 6.65. The Balaban J connectivity index is 2.41. The molecule has 1 aliphatic heterocycles. The average Bonchev–Trinajstić information content (AvgIpc) is 2.61. The lowest BCUT2D eigenvalue weighted by molar-refractivity contribution is -0.130. The first-order valence-electron chi connectivity index (χ1n) is 9.74. The summed E-state index contributed by atoms with van der Waals surface area (Å²) in [5.74, 6) is 0.995. The van der Waals surface area contributed by atoms with Crippen LogP contribution in [0.3, 0.4) is 0 Å². The van der Waals surface area contributed by atoms with Gasteiger partial charge in [0.05, 0.1) is 6.54 Å². The zero-order valence-corrected chi connectivity index (χ0v) is 16.8. The molecule has 0 spiro atoms. The summed E-state index contributed by atoms with van der Waals surface area (Å²) in [6, 6.07) is 0.432. The number of aliphatic imine (C=N–C) groups is 1. The molecule has 7 nitrogen and oxygen atoms in total. The van der Waals surface area contributed by atoms with Crippen LogP contribution in [0, 0.1) is 0 Å². The van der Waals surface area contributed by atoms with Crippen molar-refractivity contribution in [3.05, 3.63) is 0 Å². The summed E-state index contributed by atoms with van der Waals surface area (Å²) in [4.78, 5) is 23.5. The molecule has 0 aromatic rings. The third kappa shape index (κ3) is 8.05. The van der Waals surface area contributed by atoms with Crippen molar-refractivity contribution in [1.29, 1.82) is 0 Å². The van der Waals surface area contributed by atoms with Gasteiger partial charge in [0.15, 0.2) is 5.96 Å². The largest absolute Gasteiger partial charge is 0.357 e. The van der Waals surface area contributed by atoms with Crippen molar-refractivity contribution in [2.75, 3.05) is 66.0 Å². The maximum absolute atomic E-state index is 12.1. The number of hydrogen-bond acceptors (Lipinski definition) is 4. The first-order chi connectivity index (χ1) is 12.0. The van der Waals surface area contributed by atoms with Crippen LogP contribution in [0.15, 0.2) is 4.99 Å². The lowest BCUT2D eigenvalue weighted by Crippen LogP contribution is -2.49.